The number of carbonyl (C=O) groups is 1. The van der Waals surface area contributed by atoms with Gasteiger partial charge < -0.3 is 14.0 Å². The van der Waals surface area contributed by atoms with Crippen LogP contribution >= 0.6 is 0 Å². The average molecular weight is 348 g/mol. The molecule has 1 aliphatic heterocycles. The second kappa shape index (κ2) is 6.10. The lowest BCUT2D eigenvalue weighted by Crippen LogP contribution is -2.41. The van der Waals surface area contributed by atoms with Gasteiger partial charge in [-0.2, -0.15) is 0 Å². The molecule has 0 unspecified atom stereocenters. The molecular weight excluding hydrogens is 322 g/mol. The number of methoxy groups -OCH3 is 1. The number of halogens is 1. The van der Waals surface area contributed by atoms with Crippen molar-refractivity contribution in [1.29, 1.82) is 0 Å². The predicted octanol–water partition coefficient (Wildman–Crippen LogP) is 3.10. The van der Waals surface area contributed by atoms with Crippen LogP contribution in [0, 0.1) is 18.7 Å². The summed E-state index contributed by atoms with van der Waals surface area (Å²) in [5.74, 6) is -0.539. The SMILES string of the molecule is COC(=O)[C@H]1C[C@H](c2cc(B3OC(C)(C)C(C)(C)O3)c(C)cc2F)C1. The van der Waals surface area contributed by atoms with Gasteiger partial charge in [0, 0.05) is 0 Å². The molecule has 3 rings (SSSR count). The molecule has 0 spiro atoms. The van der Waals surface area contributed by atoms with E-state index < -0.39 is 18.3 Å². The van der Waals surface area contributed by atoms with Gasteiger partial charge in [-0.05, 0) is 76.0 Å². The van der Waals surface area contributed by atoms with E-state index in [1.54, 1.807) is 6.07 Å². The number of hydrogen-bond donors (Lipinski definition) is 0. The number of benzene rings is 1. The van der Waals surface area contributed by atoms with E-state index in [0.29, 0.717) is 18.4 Å². The van der Waals surface area contributed by atoms with E-state index in [1.807, 2.05) is 40.7 Å². The molecule has 0 bridgehead atoms. The van der Waals surface area contributed by atoms with E-state index in [-0.39, 0.29) is 23.6 Å². The Morgan fingerprint density at radius 2 is 1.76 bits per heavy atom. The Morgan fingerprint density at radius 3 is 2.28 bits per heavy atom. The van der Waals surface area contributed by atoms with Crippen molar-refractivity contribution in [1.82, 2.24) is 0 Å². The first-order valence-corrected chi connectivity index (χ1v) is 8.79. The highest BCUT2D eigenvalue weighted by Gasteiger charge is 2.52. The lowest BCUT2D eigenvalue weighted by atomic mass is 9.68. The fourth-order valence-corrected chi connectivity index (χ4v) is 3.47. The van der Waals surface area contributed by atoms with Crippen LogP contribution in [0.1, 0.15) is 57.6 Å². The Labute approximate surface area is 149 Å². The van der Waals surface area contributed by atoms with Gasteiger partial charge in [0.15, 0.2) is 0 Å². The highest BCUT2D eigenvalue weighted by atomic mass is 19.1. The molecule has 1 aliphatic carbocycles. The smallest absolute Gasteiger partial charge is 0.469 e. The molecule has 2 aliphatic rings. The molecule has 136 valence electrons. The molecule has 1 aromatic carbocycles. The topological polar surface area (TPSA) is 44.8 Å². The lowest BCUT2D eigenvalue weighted by Gasteiger charge is -2.34. The van der Waals surface area contributed by atoms with Crippen LogP contribution in [0.15, 0.2) is 12.1 Å². The van der Waals surface area contributed by atoms with Crippen molar-refractivity contribution in [2.45, 2.75) is 64.6 Å². The number of aryl methyl sites for hydroxylation is 1. The Bertz CT molecular complexity index is 679. The first-order chi connectivity index (χ1) is 11.6. The molecule has 2 fully saturated rings. The highest BCUT2D eigenvalue weighted by Crippen LogP contribution is 2.43. The third kappa shape index (κ3) is 3.10. The van der Waals surface area contributed by atoms with E-state index in [4.69, 9.17) is 14.0 Å². The van der Waals surface area contributed by atoms with E-state index in [1.165, 1.54) is 7.11 Å². The maximum atomic E-state index is 14.5. The molecule has 0 N–H and O–H groups in total. The first-order valence-electron chi connectivity index (χ1n) is 8.79. The monoisotopic (exact) mass is 348 g/mol. The van der Waals surface area contributed by atoms with E-state index in [0.717, 1.165) is 11.0 Å². The van der Waals surface area contributed by atoms with Gasteiger partial charge in [-0.1, -0.05) is 6.07 Å². The summed E-state index contributed by atoms with van der Waals surface area (Å²) in [6.07, 6.45) is 1.24. The highest BCUT2D eigenvalue weighted by molar-refractivity contribution is 6.62. The molecule has 25 heavy (non-hydrogen) atoms. The number of carbonyl (C=O) groups excluding carboxylic acids is 1. The summed E-state index contributed by atoms with van der Waals surface area (Å²) in [5, 5.41) is 0. The van der Waals surface area contributed by atoms with Crippen LogP contribution in [-0.4, -0.2) is 31.4 Å². The van der Waals surface area contributed by atoms with Crippen molar-refractivity contribution in [2.24, 2.45) is 5.92 Å². The summed E-state index contributed by atoms with van der Waals surface area (Å²) in [6.45, 7) is 9.86. The molecule has 0 aromatic heterocycles. The van der Waals surface area contributed by atoms with Gasteiger partial charge in [0.25, 0.3) is 0 Å². The van der Waals surface area contributed by atoms with Gasteiger partial charge >= 0.3 is 13.1 Å². The first kappa shape index (κ1) is 18.4. The summed E-state index contributed by atoms with van der Waals surface area (Å²) in [6, 6.07) is 3.39. The molecule has 1 saturated heterocycles. The fraction of sp³-hybridized carbons (Fsp3) is 0.632. The fourth-order valence-electron chi connectivity index (χ4n) is 3.47. The van der Waals surface area contributed by atoms with E-state index in [9.17, 15) is 9.18 Å². The summed E-state index contributed by atoms with van der Waals surface area (Å²) in [5.41, 5.74) is 1.42. The normalized spacial score (nSPS) is 27.1. The minimum atomic E-state index is -0.513. The van der Waals surface area contributed by atoms with Crippen LogP contribution < -0.4 is 5.46 Å². The Hall–Kier alpha value is -1.40. The summed E-state index contributed by atoms with van der Waals surface area (Å²) in [4.78, 5) is 11.6. The maximum absolute atomic E-state index is 14.5. The van der Waals surface area contributed by atoms with Gasteiger partial charge in [-0.25, -0.2) is 4.39 Å². The van der Waals surface area contributed by atoms with E-state index >= 15 is 0 Å². The molecule has 6 heteroatoms. The molecular formula is C19H26BFO4. The Balaban J connectivity index is 1.85. The quantitative estimate of drug-likeness (QED) is 0.622. The molecule has 4 nitrogen and oxygen atoms in total. The van der Waals surface area contributed by atoms with Crippen LogP contribution in [-0.2, 0) is 18.8 Å². The maximum Gasteiger partial charge on any atom is 0.495 e. The third-order valence-electron chi connectivity index (χ3n) is 6.00. The van der Waals surface area contributed by atoms with Crippen LogP contribution in [0.5, 0.6) is 0 Å². The predicted molar refractivity (Wildman–Crippen MR) is 94.3 cm³/mol. The average Bonchev–Trinajstić information content (AvgIpc) is 2.67. The van der Waals surface area contributed by atoms with Gasteiger partial charge in [0.1, 0.15) is 5.82 Å². The number of ether oxygens (including phenoxy) is 1. The van der Waals surface area contributed by atoms with Crippen molar-refractivity contribution >= 4 is 18.6 Å². The Kier molecular flexibility index (Phi) is 4.49. The largest absolute Gasteiger partial charge is 0.495 e. The van der Waals surface area contributed by atoms with Gasteiger partial charge in [-0.3, -0.25) is 4.79 Å². The molecule has 1 saturated carbocycles. The van der Waals surface area contributed by atoms with Gasteiger partial charge in [0.2, 0.25) is 0 Å². The van der Waals surface area contributed by atoms with Crippen molar-refractivity contribution in [3.05, 3.63) is 29.1 Å². The van der Waals surface area contributed by atoms with Crippen molar-refractivity contribution < 1.29 is 23.2 Å². The summed E-state index contributed by atoms with van der Waals surface area (Å²) >= 11 is 0. The van der Waals surface area contributed by atoms with Crippen molar-refractivity contribution in [2.75, 3.05) is 7.11 Å². The standard InChI is InChI=1S/C19H26BFO4/c1-11-7-16(21)14(12-8-13(9-12)17(22)23-6)10-15(11)20-24-18(2,3)19(4,5)25-20/h7,10,12-13H,8-9H2,1-6H3/t12-,13-. The minimum Gasteiger partial charge on any atom is -0.469 e. The third-order valence-corrected chi connectivity index (χ3v) is 6.00. The number of rotatable bonds is 3. The molecule has 0 radical (unpaired) electrons. The zero-order valence-electron chi connectivity index (χ0n) is 15.8. The van der Waals surface area contributed by atoms with Crippen LogP contribution in [0.3, 0.4) is 0 Å². The molecule has 1 aromatic rings. The van der Waals surface area contributed by atoms with Crippen molar-refractivity contribution in [3.63, 3.8) is 0 Å². The van der Waals surface area contributed by atoms with E-state index in [2.05, 4.69) is 0 Å². The molecule has 1 heterocycles. The van der Waals surface area contributed by atoms with Crippen LogP contribution in [0.4, 0.5) is 4.39 Å². The minimum absolute atomic E-state index is 0.0332. The second-order valence-corrected chi connectivity index (χ2v) is 8.21. The second-order valence-electron chi connectivity index (χ2n) is 8.21. The van der Waals surface area contributed by atoms with Crippen LogP contribution in [0.2, 0.25) is 0 Å². The zero-order valence-corrected chi connectivity index (χ0v) is 15.8. The zero-order chi connectivity index (χ0) is 18.6. The molecule has 0 amide bonds. The summed E-state index contributed by atoms with van der Waals surface area (Å²) < 4.78 is 31.5. The number of hydrogen-bond acceptors (Lipinski definition) is 4. The summed E-state index contributed by atoms with van der Waals surface area (Å²) in [7, 11) is 0.874. The lowest BCUT2D eigenvalue weighted by molar-refractivity contribution is -0.148. The number of esters is 1. The Morgan fingerprint density at radius 1 is 1.20 bits per heavy atom. The van der Waals surface area contributed by atoms with Crippen molar-refractivity contribution in [3.8, 4) is 0 Å². The van der Waals surface area contributed by atoms with Gasteiger partial charge in [-0.15, -0.1) is 0 Å². The van der Waals surface area contributed by atoms with Gasteiger partial charge in [0.05, 0.1) is 24.2 Å². The van der Waals surface area contributed by atoms with Crippen LogP contribution in [0.25, 0.3) is 0 Å². The molecule has 0 atom stereocenters.